The van der Waals surface area contributed by atoms with Gasteiger partial charge in [0.25, 0.3) is 5.91 Å². The number of halogens is 1. The van der Waals surface area contributed by atoms with Gasteiger partial charge < -0.3 is 9.64 Å². The van der Waals surface area contributed by atoms with Gasteiger partial charge in [-0.05, 0) is 24.5 Å². The molecule has 1 amide bonds. The number of thioether (sulfide) groups is 1. The number of carbonyl (C=O) groups is 2. The molecule has 1 aliphatic heterocycles. The number of ether oxygens (including phenoxy) is 1. The standard InChI is InChI=1S/C18H24FNO3S/c1-4-5-10-23-18(22)15-11-24-17(12(2)3)20(15)16(21)13-8-6-7-9-14(13)19/h6-9,12,15,17H,4-5,10-11H2,1-3H3/t15-,17+/m0/s1. The minimum Gasteiger partial charge on any atom is -0.464 e. The summed E-state index contributed by atoms with van der Waals surface area (Å²) in [5.74, 6) is -0.786. The molecule has 0 radical (unpaired) electrons. The Bertz CT molecular complexity index is 593. The van der Waals surface area contributed by atoms with Crippen LogP contribution in [0.1, 0.15) is 44.0 Å². The van der Waals surface area contributed by atoms with Crippen molar-refractivity contribution in [1.82, 2.24) is 4.90 Å². The first-order valence-corrected chi connectivity index (χ1v) is 9.37. The van der Waals surface area contributed by atoms with Gasteiger partial charge in [0.15, 0.2) is 0 Å². The number of unbranched alkanes of at least 4 members (excludes halogenated alkanes) is 1. The summed E-state index contributed by atoms with van der Waals surface area (Å²) in [6.07, 6.45) is 1.72. The molecule has 0 N–H and O–H groups in total. The summed E-state index contributed by atoms with van der Waals surface area (Å²) in [4.78, 5) is 26.8. The molecule has 0 spiro atoms. The molecule has 24 heavy (non-hydrogen) atoms. The number of hydrogen-bond acceptors (Lipinski definition) is 4. The highest BCUT2D eigenvalue weighted by Gasteiger charge is 2.44. The number of hydrogen-bond donors (Lipinski definition) is 0. The van der Waals surface area contributed by atoms with Gasteiger partial charge in [0.2, 0.25) is 0 Å². The predicted octanol–water partition coefficient (Wildman–Crippen LogP) is 3.71. The van der Waals surface area contributed by atoms with Crippen LogP contribution in [0.4, 0.5) is 4.39 Å². The third-order valence-corrected chi connectivity index (χ3v) is 5.58. The third-order valence-electron chi connectivity index (χ3n) is 3.96. The van der Waals surface area contributed by atoms with Gasteiger partial charge in [-0.25, -0.2) is 9.18 Å². The van der Waals surface area contributed by atoms with Crippen molar-refractivity contribution in [2.45, 2.75) is 45.0 Å². The molecule has 1 aromatic carbocycles. The zero-order valence-electron chi connectivity index (χ0n) is 14.3. The molecule has 0 aliphatic carbocycles. The van der Waals surface area contributed by atoms with Crippen LogP contribution in [0.5, 0.6) is 0 Å². The highest BCUT2D eigenvalue weighted by atomic mass is 32.2. The molecule has 1 fully saturated rings. The topological polar surface area (TPSA) is 46.6 Å². The lowest BCUT2D eigenvalue weighted by atomic mass is 10.1. The van der Waals surface area contributed by atoms with E-state index in [1.54, 1.807) is 23.9 Å². The Morgan fingerprint density at radius 3 is 2.71 bits per heavy atom. The molecule has 0 saturated carbocycles. The summed E-state index contributed by atoms with van der Waals surface area (Å²) in [6.45, 7) is 6.35. The Kier molecular flexibility index (Phi) is 6.66. The average molecular weight is 353 g/mol. The maximum absolute atomic E-state index is 14.0. The number of rotatable bonds is 6. The highest BCUT2D eigenvalue weighted by molar-refractivity contribution is 8.00. The highest BCUT2D eigenvalue weighted by Crippen LogP contribution is 2.36. The molecular weight excluding hydrogens is 329 g/mol. The monoisotopic (exact) mass is 353 g/mol. The number of nitrogens with zero attached hydrogens (tertiary/aromatic N) is 1. The fourth-order valence-corrected chi connectivity index (χ4v) is 4.13. The van der Waals surface area contributed by atoms with Crippen molar-refractivity contribution in [2.75, 3.05) is 12.4 Å². The van der Waals surface area contributed by atoms with Crippen LogP contribution in [0, 0.1) is 11.7 Å². The minimum absolute atomic E-state index is 0.00277. The van der Waals surface area contributed by atoms with E-state index in [1.807, 2.05) is 20.8 Å². The lowest BCUT2D eigenvalue weighted by molar-refractivity contribution is -0.148. The van der Waals surface area contributed by atoms with E-state index in [9.17, 15) is 14.0 Å². The van der Waals surface area contributed by atoms with Crippen molar-refractivity contribution >= 4 is 23.6 Å². The van der Waals surface area contributed by atoms with Crippen LogP contribution in [0.3, 0.4) is 0 Å². The summed E-state index contributed by atoms with van der Waals surface area (Å²) in [7, 11) is 0. The first-order chi connectivity index (χ1) is 11.5. The van der Waals surface area contributed by atoms with Gasteiger partial charge in [-0.3, -0.25) is 4.79 Å². The second-order valence-corrected chi connectivity index (χ2v) is 7.35. The fourth-order valence-electron chi connectivity index (χ4n) is 2.67. The minimum atomic E-state index is -0.661. The molecule has 6 heteroatoms. The molecule has 1 saturated heterocycles. The van der Waals surface area contributed by atoms with E-state index in [1.165, 1.54) is 17.0 Å². The zero-order valence-corrected chi connectivity index (χ0v) is 15.1. The zero-order chi connectivity index (χ0) is 17.7. The van der Waals surface area contributed by atoms with E-state index < -0.39 is 23.7 Å². The van der Waals surface area contributed by atoms with Crippen molar-refractivity contribution in [1.29, 1.82) is 0 Å². The van der Waals surface area contributed by atoms with Crippen LogP contribution >= 0.6 is 11.8 Å². The normalized spacial score (nSPS) is 20.5. The Hall–Kier alpha value is -1.56. The van der Waals surface area contributed by atoms with Crippen LogP contribution in [-0.2, 0) is 9.53 Å². The molecule has 0 aromatic heterocycles. The second-order valence-electron chi connectivity index (χ2n) is 6.20. The van der Waals surface area contributed by atoms with Crippen molar-refractivity contribution in [3.63, 3.8) is 0 Å². The van der Waals surface area contributed by atoms with E-state index in [-0.39, 0.29) is 16.9 Å². The number of carbonyl (C=O) groups excluding carboxylic acids is 2. The van der Waals surface area contributed by atoms with Crippen LogP contribution in [0.15, 0.2) is 24.3 Å². The van der Waals surface area contributed by atoms with Gasteiger partial charge in [0.1, 0.15) is 11.9 Å². The van der Waals surface area contributed by atoms with Gasteiger partial charge in [-0.2, -0.15) is 0 Å². The fraction of sp³-hybridized carbons (Fsp3) is 0.556. The molecule has 2 atom stereocenters. The van der Waals surface area contributed by atoms with Crippen molar-refractivity contribution < 1.29 is 18.7 Å². The first-order valence-electron chi connectivity index (χ1n) is 8.32. The molecule has 1 aromatic rings. The summed E-state index contributed by atoms with van der Waals surface area (Å²) >= 11 is 1.54. The van der Waals surface area contributed by atoms with Gasteiger partial charge >= 0.3 is 5.97 Å². The summed E-state index contributed by atoms with van der Waals surface area (Å²) in [5, 5.41) is -0.166. The van der Waals surface area contributed by atoms with Crippen LogP contribution in [0.25, 0.3) is 0 Å². The summed E-state index contributed by atoms with van der Waals surface area (Å²) < 4.78 is 19.3. The summed E-state index contributed by atoms with van der Waals surface area (Å²) in [6, 6.07) is 5.22. The quantitative estimate of drug-likeness (QED) is 0.578. The van der Waals surface area contributed by atoms with E-state index >= 15 is 0 Å². The van der Waals surface area contributed by atoms with Gasteiger partial charge in [0.05, 0.1) is 17.5 Å². The lowest BCUT2D eigenvalue weighted by Gasteiger charge is -2.30. The lowest BCUT2D eigenvalue weighted by Crippen LogP contribution is -2.48. The first kappa shape index (κ1) is 18.8. The molecule has 1 heterocycles. The van der Waals surface area contributed by atoms with E-state index in [4.69, 9.17) is 4.74 Å². The number of benzene rings is 1. The largest absolute Gasteiger partial charge is 0.464 e. The van der Waals surface area contributed by atoms with Crippen molar-refractivity contribution in [3.8, 4) is 0 Å². The number of amides is 1. The SMILES string of the molecule is CCCCOC(=O)[C@@H]1CS[C@H](C(C)C)N1C(=O)c1ccccc1F. The molecule has 1 aliphatic rings. The van der Waals surface area contributed by atoms with Crippen LogP contribution in [0.2, 0.25) is 0 Å². The molecule has 2 rings (SSSR count). The predicted molar refractivity (Wildman–Crippen MR) is 93.3 cm³/mol. The molecule has 4 nitrogen and oxygen atoms in total. The maximum Gasteiger partial charge on any atom is 0.329 e. The molecule has 132 valence electrons. The average Bonchev–Trinajstić information content (AvgIpc) is 3.00. The number of esters is 1. The Morgan fingerprint density at radius 2 is 2.08 bits per heavy atom. The molecule has 0 bridgehead atoms. The van der Waals surface area contributed by atoms with Crippen molar-refractivity contribution in [2.24, 2.45) is 5.92 Å². The second kappa shape index (κ2) is 8.51. The van der Waals surface area contributed by atoms with Gasteiger partial charge in [0, 0.05) is 5.75 Å². The summed E-state index contributed by atoms with van der Waals surface area (Å²) in [5.41, 5.74) is -0.00277. The third kappa shape index (κ3) is 4.09. The smallest absolute Gasteiger partial charge is 0.329 e. The van der Waals surface area contributed by atoms with Crippen LogP contribution in [-0.4, -0.2) is 40.6 Å². The van der Waals surface area contributed by atoms with E-state index in [0.29, 0.717) is 12.4 Å². The molecular formula is C18H24FNO3S. The van der Waals surface area contributed by atoms with E-state index in [0.717, 1.165) is 12.8 Å². The van der Waals surface area contributed by atoms with Gasteiger partial charge in [-0.15, -0.1) is 11.8 Å². The van der Waals surface area contributed by atoms with Gasteiger partial charge in [-0.1, -0.05) is 39.3 Å². The maximum atomic E-state index is 14.0. The van der Waals surface area contributed by atoms with Crippen molar-refractivity contribution in [3.05, 3.63) is 35.6 Å². The Labute approximate surface area is 146 Å². The van der Waals surface area contributed by atoms with Crippen LogP contribution < -0.4 is 0 Å². The molecule has 0 unspecified atom stereocenters. The Balaban J connectivity index is 2.23. The van der Waals surface area contributed by atoms with E-state index in [2.05, 4.69) is 0 Å². The Morgan fingerprint density at radius 1 is 1.38 bits per heavy atom.